The fourth-order valence-corrected chi connectivity index (χ4v) is 2.62. The fourth-order valence-electron chi connectivity index (χ4n) is 2.62. The van der Waals surface area contributed by atoms with Gasteiger partial charge in [0.15, 0.2) is 18.1 Å². The van der Waals surface area contributed by atoms with Crippen molar-refractivity contribution in [2.24, 2.45) is 5.73 Å². The van der Waals surface area contributed by atoms with E-state index in [9.17, 15) is 19.5 Å². The molecule has 8 nitrogen and oxygen atoms in total. The van der Waals surface area contributed by atoms with Crippen molar-refractivity contribution in [3.05, 3.63) is 59.7 Å². The molecular weight excluding hydrogens is 364 g/mol. The van der Waals surface area contributed by atoms with Crippen molar-refractivity contribution < 1.29 is 29.0 Å². The molecule has 0 saturated heterocycles. The minimum absolute atomic E-state index is 0.133. The quantitative estimate of drug-likeness (QED) is 0.567. The van der Waals surface area contributed by atoms with E-state index in [0.717, 1.165) is 5.56 Å². The molecule has 0 bridgehead atoms. The van der Waals surface area contributed by atoms with Crippen molar-refractivity contribution in [1.82, 2.24) is 5.32 Å². The lowest BCUT2D eigenvalue weighted by molar-refractivity contribution is -0.137. The summed E-state index contributed by atoms with van der Waals surface area (Å²) in [6, 6.07) is 13.1. The monoisotopic (exact) mass is 386 g/mol. The van der Waals surface area contributed by atoms with Crippen molar-refractivity contribution >= 4 is 17.8 Å². The Labute approximate surface area is 162 Å². The van der Waals surface area contributed by atoms with Gasteiger partial charge >= 0.3 is 5.97 Å². The van der Waals surface area contributed by atoms with Gasteiger partial charge in [0.1, 0.15) is 0 Å². The van der Waals surface area contributed by atoms with Gasteiger partial charge in [0.25, 0.3) is 5.91 Å². The molecule has 0 radical (unpaired) electrons. The van der Waals surface area contributed by atoms with Gasteiger partial charge in [-0.1, -0.05) is 36.4 Å². The Hall–Kier alpha value is -3.55. The van der Waals surface area contributed by atoms with E-state index in [-0.39, 0.29) is 31.1 Å². The fraction of sp³-hybridized carbons (Fsp3) is 0.250. The van der Waals surface area contributed by atoms with Crippen LogP contribution in [0.4, 0.5) is 0 Å². The molecule has 0 saturated carbocycles. The summed E-state index contributed by atoms with van der Waals surface area (Å²) in [4.78, 5) is 34.5. The van der Waals surface area contributed by atoms with E-state index in [2.05, 4.69) is 5.32 Å². The van der Waals surface area contributed by atoms with Gasteiger partial charge in [0, 0.05) is 0 Å². The van der Waals surface area contributed by atoms with Gasteiger partial charge in [-0.05, 0) is 23.3 Å². The summed E-state index contributed by atoms with van der Waals surface area (Å²) >= 11 is 0. The standard InChI is InChI=1S/C20H22N2O6/c1-27-17-10-14(7-8-16(17)28-12-18(21)23)15(11-20(25)26)22-19(24)9-13-5-3-2-4-6-13/h2-8,10,15H,9,11-12H2,1H3,(H2,21,23)(H,22,24)(H,25,26). The predicted octanol–water partition coefficient (Wildman–Crippen LogP) is 1.43. The molecule has 0 heterocycles. The number of hydrogen-bond donors (Lipinski definition) is 3. The summed E-state index contributed by atoms with van der Waals surface area (Å²) in [5, 5.41) is 12.0. The number of nitrogens with one attached hydrogen (secondary N) is 1. The Balaban J connectivity index is 2.18. The first-order valence-corrected chi connectivity index (χ1v) is 8.53. The first kappa shape index (κ1) is 20.8. The highest BCUT2D eigenvalue weighted by Gasteiger charge is 2.20. The second-order valence-electron chi connectivity index (χ2n) is 6.05. The number of carbonyl (C=O) groups excluding carboxylic acids is 2. The number of carbonyl (C=O) groups is 3. The molecule has 2 amide bonds. The van der Waals surface area contributed by atoms with Gasteiger partial charge in [-0.15, -0.1) is 0 Å². The number of ether oxygens (including phenoxy) is 2. The highest BCUT2D eigenvalue weighted by molar-refractivity contribution is 5.80. The van der Waals surface area contributed by atoms with Crippen LogP contribution in [0.5, 0.6) is 11.5 Å². The Morgan fingerprint density at radius 1 is 1.11 bits per heavy atom. The molecule has 0 spiro atoms. The zero-order valence-electron chi connectivity index (χ0n) is 15.4. The average molecular weight is 386 g/mol. The number of carboxylic acids is 1. The van der Waals surface area contributed by atoms with E-state index < -0.39 is 17.9 Å². The number of benzene rings is 2. The third-order valence-electron chi connectivity index (χ3n) is 3.88. The molecule has 0 fully saturated rings. The second-order valence-corrected chi connectivity index (χ2v) is 6.05. The van der Waals surface area contributed by atoms with Crippen molar-refractivity contribution in [2.45, 2.75) is 18.9 Å². The molecule has 2 rings (SSSR count). The molecule has 28 heavy (non-hydrogen) atoms. The van der Waals surface area contributed by atoms with Crippen LogP contribution < -0.4 is 20.5 Å². The van der Waals surface area contributed by atoms with Gasteiger partial charge in [0.05, 0.1) is 26.0 Å². The highest BCUT2D eigenvalue weighted by Crippen LogP contribution is 2.31. The summed E-state index contributed by atoms with van der Waals surface area (Å²) in [5.41, 5.74) is 6.42. The van der Waals surface area contributed by atoms with Crippen LogP contribution in [0.1, 0.15) is 23.6 Å². The van der Waals surface area contributed by atoms with Crippen molar-refractivity contribution in [1.29, 1.82) is 0 Å². The second kappa shape index (κ2) is 9.96. The third kappa shape index (κ3) is 6.31. The number of primary amides is 1. The minimum Gasteiger partial charge on any atom is -0.493 e. The largest absolute Gasteiger partial charge is 0.493 e. The summed E-state index contributed by atoms with van der Waals surface area (Å²) in [5.74, 6) is -1.41. The maximum atomic E-state index is 12.4. The van der Waals surface area contributed by atoms with Crippen LogP contribution in [0.15, 0.2) is 48.5 Å². The molecule has 1 unspecified atom stereocenters. The smallest absolute Gasteiger partial charge is 0.305 e. The first-order chi connectivity index (χ1) is 13.4. The molecule has 0 aliphatic heterocycles. The van der Waals surface area contributed by atoms with Gasteiger partial charge < -0.3 is 25.6 Å². The van der Waals surface area contributed by atoms with Gasteiger partial charge in [-0.25, -0.2) is 0 Å². The van der Waals surface area contributed by atoms with Crippen LogP contribution in [-0.2, 0) is 20.8 Å². The molecule has 2 aromatic rings. The molecular formula is C20H22N2O6. The highest BCUT2D eigenvalue weighted by atomic mass is 16.5. The topological polar surface area (TPSA) is 128 Å². The lowest BCUT2D eigenvalue weighted by Gasteiger charge is -2.19. The van der Waals surface area contributed by atoms with E-state index in [1.165, 1.54) is 13.2 Å². The maximum absolute atomic E-state index is 12.4. The summed E-state index contributed by atoms with van der Waals surface area (Å²) in [6.45, 7) is -0.317. The van der Waals surface area contributed by atoms with Crippen LogP contribution in [0, 0.1) is 0 Å². The first-order valence-electron chi connectivity index (χ1n) is 8.53. The summed E-state index contributed by atoms with van der Waals surface area (Å²) in [7, 11) is 1.41. The Kier molecular flexibility index (Phi) is 7.38. The zero-order valence-corrected chi connectivity index (χ0v) is 15.4. The summed E-state index contributed by atoms with van der Waals surface area (Å²) in [6.07, 6.45) is -0.168. The molecule has 1 atom stereocenters. The number of methoxy groups -OCH3 is 1. The average Bonchev–Trinajstić information content (AvgIpc) is 2.66. The molecule has 0 aliphatic carbocycles. The Bertz CT molecular complexity index is 838. The van der Waals surface area contributed by atoms with E-state index in [0.29, 0.717) is 11.3 Å². The minimum atomic E-state index is -1.06. The molecule has 8 heteroatoms. The van der Waals surface area contributed by atoms with Crippen LogP contribution in [0.3, 0.4) is 0 Å². The summed E-state index contributed by atoms with van der Waals surface area (Å²) < 4.78 is 10.5. The molecule has 148 valence electrons. The number of amides is 2. The van der Waals surface area contributed by atoms with Crippen LogP contribution in [-0.4, -0.2) is 36.6 Å². The maximum Gasteiger partial charge on any atom is 0.305 e. The van der Waals surface area contributed by atoms with E-state index in [4.69, 9.17) is 15.2 Å². The van der Waals surface area contributed by atoms with Crippen molar-refractivity contribution in [3.8, 4) is 11.5 Å². The molecule has 4 N–H and O–H groups in total. The predicted molar refractivity (Wildman–Crippen MR) is 101 cm³/mol. The van der Waals surface area contributed by atoms with E-state index in [1.807, 2.05) is 30.3 Å². The van der Waals surface area contributed by atoms with E-state index >= 15 is 0 Å². The van der Waals surface area contributed by atoms with Crippen molar-refractivity contribution in [3.63, 3.8) is 0 Å². The van der Waals surface area contributed by atoms with Gasteiger partial charge in [-0.2, -0.15) is 0 Å². The number of hydrogen-bond acceptors (Lipinski definition) is 5. The lowest BCUT2D eigenvalue weighted by Crippen LogP contribution is -2.31. The third-order valence-corrected chi connectivity index (χ3v) is 3.88. The SMILES string of the molecule is COc1cc(C(CC(=O)O)NC(=O)Cc2ccccc2)ccc1OCC(N)=O. The Morgan fingerprint density at radius 3 is 2.43 bits per heavy atom. The molecule has 0 aliphatic rings. The van der Waals surface area contributed by atoms with Crippen LogP contribution >= 0.6 is 0 Å². The Morgan fingerprint density at radius 2 is 1.82 bits per heavy atom. The van der Waals surface area contributed by atoms with Crippen LogP contribution in [0.25, 0.3) is 0 Å². The lowest BCUT2D eigenvalue weighted by atomic mass is 10.0. The molecule has 0 aromatic heterocycles. The van der Waals surface area contributed by atoms with E-state index in [1.54, 1.807) is 12.1 Å². The van der Waals surface area contributed by atoms with Gasteiger partial charge in [0.2, 0.25) is 5.91 Å². The number of nitrogens with two attached hydrogens (primary N) is 1. The number of rotatable bonds is 10. The van der Waals surface area contributed by atoms with Crippen molar-refractivity contribution in [2.75, 3.05) is 13.7 Å². The number of carboxylic acid groups (broad SMARTS) is 1. The van der Waals surface area contributed by atoms with Gasteiger partial charge in [-0.3, -0.25) is 14.4 Å². The van der Waals surface area contributed by atoms with Crippen LogP contribution in [0.2, 0.25) is 0 Å². The normalized spacial score (nSPS) is 11.3. The number of aliphatic carboxylic acids is 1. The molecule has 2 aromatic carbocycles. The zero-order chi connectivity index (χ0) is 20.5.